The van der Waals surface area contributed by atoms with E-state index in [1.165, 1.54) is 32.2 Å². The molecule has 1 aromatic rings. The number of amides is 1. The van der Waals surface area contributed by atoms with Gasteiger partial charge in [0.15, 0.2) is 11.4 Å². The molecule has 8 nitrogen and oxygen atoms in total. The van der Waals surface area contributed by atoms with Crippen LogP contribution in [0.5, 0.6) is 11.5 Å². The normalized spacial score (nSPS) is 17.0. The van der Waals surface area contributed by atoms with Crippen LogP contribution >= 0.6 is 0 Å². The zero-order valence-electron chi connectivity index (χ0n) is 19.3. The second-order valence-electron chi connectivity index (χ2n) is 8.51. The van der Waals surface area contributed by atoms with Crippen molar-refractivity contribution in [3.05, 3.63) is 18.0 Å². The molecule has 0 spiro atoms. The van der Waals surface area contributed by atoms with Crippen molar-refractivity contribution < 1.29 is 28.6 Å². The number of hydrogen-bond donors (Lipinski definition) is 1. The number of methoxy groups -OCH3 is 1. The summed E-state index contributed by atoms with van der Waals surface area (Å²) < 4.78 is 16.2. The molecule has 0 saturated heterocycles. The molecule has 0 aliphatic heterocycles. The minimum Gasteiger partial charge on any atom is -0.493 e. The van der Waals surface area contributed by atoms with Crippen molar-refractivity contribution in [1.82, 2.24) is 10.3 Å². The molecule has 1 aliphatic carbocycles. The number of carbonyl (C=O) groups excluding carboxylic acids is 3. The topological polar surface area (TPSA) is 104 Å². The van der Waals surface area contributed by atoms with Gasteiger partial charge in [-0.15, -0.1) is 0 Å². The number of carbonyl (C=O) groups is 3. The highest BCUT2D eigenvalue weighted by molar-refractivity contribution is 5.98. The van der Waals surface area contributed by atoms with Crippen LogP contribution < -0.4 is 14.8 Å². The van der Waals surface area contributed by atoms with Crippen molar-refractivity contribution in [2.24, 2.45) is 17.8 Å². The van der Waals surface area contributed by atoms with E-state index in [9.17, 15) is 14.4 Å². The zero-order valence-corrected chi connectivity index (χ0v) is 19.3. The SMILES string of the molecule is COc1ccnc(C(=O)N[C@@H](C)C(=O)O[C@H](C)C(C)C2CCCC2)c1OC(=O)C(C)C. The molecule has 172 valence electrons. The van der Waals surface area contributed by atoms with E-state index in [0.717, 1.165) is 12.8 Å². The summed E-state index contributed by atoms with van der Waals surface area (Å²) >= 11 is 0. The van der Waals surface area contributed by atoms with Crippen LogP contribution in [0.25, 0.3) is 0 Å². The first-order valence-corrected chi connectivity index (χ1v) is 10.9. The molecule has 8 heteroatoms. The van der Waals surface area contributed by atoms with E-state index in [-0.39, 0.29) is 29.2 Å². The predicted octanol–water partition coefficient (Wildman–Crippen LogP) is 3.53. The van der Waals surface area contributed by atoms with E-state index < -0.39 is 29.8 Å². The summed E-state index contributed by atoms with van der Waals surface area (Å²) in [6.07, 6.45) is 5.89. The molecule has 1 aromatic heterocycles. The lowest BCUT2D eigenvalue weighted by atomic mass is 9.88. The molecule has 0 aromatic carbocycles. The van der Waals surface area contributed by atoms with Crippen molar-refractivity contribution in [2.45, 2.75) is 72.4 Å². The molecule has 3 atom stereocenters. The van der Waals surface area contributed by atoms with Crippen LogP contribution in [0, 0.1) is 17.8 Å². The summed E-state index contributed by atoms with van der Waals surface area (Å²) in [4.78, 5) is 41.4. The molecule has 2 rings (SSSR count). The highest BCUT2D eigenvalue weighted by Crippen LogP contribution is 2.34. The number of ether oxygens (including phenoxy) is 3. The molecule has 1 amide bonds. The van der Waals surface area contributed by atoms with Crippen molar-refractivity contribution >= 4 is 17.8 Å². The molecular formula is C23H34N2O6. The van der Waals surface area contributed by atoms with E-state index in [0.29, 0.717) is 5.92 Å². The lowest BCUT2D eigenvalue weighted by Gasteiger charge is -2.26. The minimum atomic E-state index is -0.896. The van der Waals surface area contributed by atoms with Gasteiger partial charge in [-0.1, -0.05) is 46.5 Å². The first-order valence-electron chi connectivity index (χ1n) is 10.9. The summed E-state index contributed by atoms with van der Waals surface area (Å²) in [6.45, 7) is 8.90. The number of aromatic nitrogens is 1. The Morgan fingerprint density at radius 1 is 1.06 bits per heavy atom. The van der Waals surface area contributed by atoms with Gasteiger partial charge >= 0.3 is 11.9 Å². The monoisotopic (exact) mass is 434 g/mol. The van der Waals surface area contributed by atoms with E-state index >= 15 is 0 Å². The Balaban J connectivity index is 2.06. The summed E-state index contributed by atoms with van der Waals surface area (Å²) in [5, 5.41) is 2.58. The van der Waals surface area contributed by atoms with E-state index in [4.69, 9.17) is 14.2 Å². The van der Waals surface area contributed by atoms with Gasteiger partial charge in [0.05, 0.1) is 13.0 Å². The molecule has 1 unspecified atom stereocenters. The van der Waals surface area contributed by atoms with E-state index in [2.05, 4.69) is 17.2 Å². The third-order valence-corrected chi connectivity index (χ3v) is 5.86. The fraction of sp³-hybridized carbons (Fsp3) is 0.652. The summed E-state index contributed by atoms with van der Waals surface area (Å²) in [6, 6.07) is 0.594. The van der Waals surface area contributed by atoms with Crippen molar-refractivity contribution in [2.75, 3.05) is 7.11 Å². The van der Waals surface area contributed by atoms with Crippen molar-refractivity contribution in [3.8, 4) is 11.5 Å². The molecule has 0 radical (unpaired) electrons. The summed E-state index contributed by atoms with van der Waals surface area (Å²) in [5.41, 5.74) is -0.139. The molecule has 1 N–H and O–H groups in total. The Bertz CT molecular complexity index is 788. The third-order valence-electron chi connectivity index (χ3n) is 5.86. The van der Waals surface area contributed by atoms with Crippen LogP contribution in [0.4, 0.5) is 0 Å². The zero-order chi connectivity index (χ0) is 23.1. The Morgan fingerprint density at radius 3 is 2.29 bits per heavy atom. The van der Waals surface area contributed by atoms with Crippen LogP contribution in [-0.2, 0) is 14.3 Å². The van der Waals surface area contributed by atoms with Crippen LogP contribution in [-0.4, -0.2) is 42.1 Å². The van der Waals surface area contributed by atoms with Gasteiger partial charge in [0.2, 0.25) is 5.75 Å². The highest BCUT2D eigenvalue weighted by atomic mass is 16.6. The number of esters is 2. The van der Waals surface area contributed by atoms with Gasteiger partial charge in [-0.05, 0) is 25.7 Å². The largest absolute Gasteiger partial charge is 0.493 e. The second kappa shape index (κ2) is 11.1. The number of nitrogens with zero attached hydrogens (tertiary/aromatic N) is 1. The summed E-state index contributed by atoms with van der Waals surface area (Å²) in [7, 11) is 1.40. The van der Waals surface area contributed by atoms with Gasteiger partial charge in [-0.25, -0.2) is 9.78 Å². The number of hydrogen-bond acceptors (Lipinski definition) is 7. The Labute approximate surface area is 184 Å². The highest BCUT2D eigenvalue weighted by Gasteiger charge is 2.30. The lowest BCUT2D eigenvalue weighted by Crippen LogP contribution is -2.42. The maximum Gasteiger partial charge on any atom is 0.328 e. The predicted molar refractivity (Wildman–Crippen MR) is 115 cm³/mol. The van der Waals surface area contributed by atoms with Crippen molar-refractivity contribution in [1.29, 1.82) is 0 Å². The smallest absolute Gasteiger partial charge is 0.328 e. The van der Waals surface area contributed by atoms with Gasteiger partial charge < -0.3 is 19.5 Å². The maximum absolute atomic E-state index is 12.8. The third kappa shape index (κ3) is 6.42. The fourth-order valence-corrected chi connectivity index (χ4v) is 3.65. The quantitative estimate of drug-likeness (QED) is 0.593. The molecule has 31 heavy (non-hydrogen) atoms. The number of pyridine rings is 1. The fourth-order valence-electron chi connectivity index (χ4n) is 3.65. The Kier molecular flexibility index (Phi) is 8.83. The number of nitrogens with one attached hydrogen (secondary N) is 1. The molecule has 1 heterocycles. The molecular weight excluding hydrogens is 400 g/mol. The average Bonchev–Trinajstić information content (AvgIpc) is 3.27. The van der Waals surface area contributed by atoms with Gasteiger partial charge in [0.25, 0.3) is 5.91 Å². The average molecular weight is 435 g/mol. The van der Waals surface area contributed by atoms with Gasteiger partial charge in [-0.3, -0.25) is 9.59 Å². The standard InChI is InChI=1S/C23H34N2O6/c1-13(2)22(27)31-20-18(29-6)11-12-24-19(20)21(26)25-15(4)23(28)30-16(5)14(3)17-9-7-8-10-17/h11-17H,7-10H2,1-6H3,(H,25,26)/t14?,15-,16+/m0/s1. The van der Waals surface area contributed by atoms with Crippen LogP contribution in [0.3, 0.4) is 0 Å². The van der Waals surface area contributed by atoms with Crippen molar-refractivity contribution in [3.63, 3.8) is 0 Å². The molecule has 0 bridgehead atoms. The Hall–Kier alpha value is -2.64. The first-order chi connectivity index (χ1) is 14.6. The molecule has 1 aliphatic rings. The maximum atomic E-state index is 12.8. The van der Waals surface area contributed by atoms with Gasteiger partial charge in [-0.2, -0.15) is 0 Å². The van der Waals surface area contributed by atoms with Gasteiger partial charge in [0.1, 0.15) is 12.1 Å². The molecule has 1 saturated carbocycles. The minimum absolute atomic E-state index is 0.0787. The van der Waals surface area contributed by atoms with Crippen LogP contribution in [0.15, 0.2) is 12.3 Å². The molecule has 1 fully saturated rings. The van der Waals surface area contributed by atoms with E-state index in [1.54, 1.807) is 20.8 Å². The summed E-state index contributed by atoms with van der Waals surface area (Å²) in [5.74, 6) is -1.17. The lowest BCUT2D eigenvalue weighted by molar-refractivity contribution is -0.153. The Morgan fingerprint density at radius 2 is 1.71 bits per heavy atom. The van der Waals surface area contributed by atoms with Crippen LogP contribution in [0.2, 0.25) is 0 Å². The number of rotatable bonds is 9. The second-order valence-corrected chi connectivity index (χ2v) is 8.51. The van der Waals surface area contributed by atoms with E-state index in [1.807, 2.05) is 6.92 Å². The van der Waals surface area contributed by atoms with Gasteiger partial charge in [0, 0.05) is 12.3 Å². The first kappa shape index (κ1) is 24.6. The van der Waals surface area contributed by atoms with Crippen LogP contribution in [0.1, 0.15) is 70.8 Å².